The van der Waals surface area contributed by atoms with Crippen molar-refractivity contribution in [1.29, 1.82) is 0 Å². The second-order valence-electron chi connectivity index (χ2n) is 5.91. The van der Waals surface area contributed by atoms with Gasteiger partial charge >= 0.3 is 0 Å². The second-order valence-corrected chi connectivity index (χ2v) is 5.91. The Balaban J connectivity index is 2.08. The minimum absolute atomic E-state index is 0.135. The van der Waals surface area contributed by atoms with E-state index >= 15 is 0 Å². The molecule has 1 saturated heterocycles. The maximum Gasteiger partial charge on any atom is 0.244 e. The average molecular weight is 289 g/mol. The maximum absolute atomic E-state index is 12.1. The quantitative estimate of drug-likeness (QED) is 0.648. The molecule has 0 unspecified atom stereocenters. The van der Waals surface area contributed by atoms with Gasteiger partial charge in [-0.25, -0.2) is 0 Å². The van der Waals surface area contributed by atoms with Gasteiger partial charge in [0.05, 0.1) is 5.41 Å². The number of rotatable bonds is 3. The van der Waals surface area contributed by atoms with Gasteiger partial charge in [-0.15, -0.1) is 0 Å². The molecular weight excluding hydrogens is 270 g/mol. The van der Waals surface area contributed by atoms with Crippen molar-refractivity contribution in [2.45, 2.75) is 27.2 Å². The van der Waals surface area contributed by atoms with Gasteiger partial charge in [0.1, 0.15) is 6.54 Å². The lowest BCUT2D eigenvalue weighted by atomic mass is 9.92. The molecule has 1 aliphatic heterocycles. The van der Waals surface area contributed by atoms with E-state index in [1.807, 2.05) is 0 Å². The van der Waals surface area contributed by atoms with Gasteiger partial charge < -0.3 is 11.1 Å². The van der Waals surface area contributed by atoms with Crippen LogP contribution in [0, 0.1) is 12.3 Å². The van der Waals surface area contributed by atoms with Crippen LogP contribution < -0.4 is 11.1 Å². The van der Waals surface area contributed by atoms with Crippen LogP contribution >= 0.6 is 0 Å². The van der Waals surface area contributed by atoms with E-state index in [0.717, 1.165) is 10.5 Å². The SMILES string of the molecule is Cc1c(N)cccc1NC(=O)CN1C(=O)CC(C)(C)C1=O. The highest BCUT2D eigenvalue weighted by Gasteiger charge is 2.45. The standard InChI is InChI=1S/C15H19N3O3/c1-9-10(16)5-4-6-11(9)17-12(19)8-18-13(20)7-15(2,3)14(18)21/h4-6H,7-8,16H2,1-3H3,(H,17,19). The Kier molecular flexibility index (Phi) is 3.72. The van der Waals surface area contributed by atoms with Crippen LogP contribution in [-0.4, -0.2) is 29.2 Å². The van der Waals surface area contributed by atoms with Crippen LogP contribution in [-0.2, 0) is 14.4 Å². The summed E-state index contributed by atoms with van der Waals surface area (Å²) in [5, 5.41) is 2.68. The molecule has 0 atom stereocenters. The Morgan fingerprint density at radius 1 is 1.38 bits per heavy atom. The molecule has 3 N–H and O–H groups in total. The lowest BCUT2D eigenvalue weighted by Gasteiger charge is -2.18. The number of nitrogens with two attached hydrogens (primary N) is 1. The fraction of sp³-hybridized carbons (Fsp3) is 0.400. The molecule has 1 aliphatic rings. The lowest BCUT2D eigenvalue weighted by molar-refractivity contribution is -0.143. The Hall–Kier alpha value is -2.37. The van der Waals surface area contributed by atoms with E-state index in [4.69, 9.17) is 5.73 Å². The number of nitrogens with zero attached hydrogens (tertiary/aromatic N) is 1. The Morgan fingerprint density at radius 3 is 2.62 bits per heavy atom. The molecule has 0 bridgehead atoms. The summed E-state index contributed by atoms with van der Waals surface area (Å²) in [6.45, 7) is 4.93. The van der Waals surface area contributed by atoms with E-state index in [2.05, 4.69) is 5.32 Å². The number of nitrogens with one attached hydrogen (secondary N) is 1. The first-order valence-electron chi connectivity index (χ1n) is 6.72. The molecule has 1 heterocycles. The minimum Gasteiger partial charge on any atom is -0.398 e. The first kappa shape index (κ1) is 15.0. The molecule has 1 fully saturated rings. The third-order valence-corrected chi connectivity index (χ3v) is 3.67. The van der Waals surface area contributed by atoms with E-state index in [9.17, 15) is 14.4 Å². The third-order valence-electron chi connectivity index (χ3n) is 3.67. The van der Waals surface area contributed by atoms with Crippen molar-refractivity contribution in [1.82, 2.24) is 4.90 Å². The number of benzene rings is 1. The highest BCUT2D eigenvalue weighted by atomic mass is 16.2. The number of amides is 3. The second kappa shape index (κ2) is 5.20. The Bertz CT molecular complexity index is 623. The molecule has 0 spiro atoms. The van der Waals surface area contributed by atoms with Gasteiger partial charge in [-0.2, -0.15) is 0 Å². The summed E-state index contributed by atoms with van der Waals surface area (Å²) >= 11 is 0. The summed E-state index contributed by atoms with van der Waals surface area (Å²) in [5.74, 6) is -1.04. The van der Waals surface area contributed by atoms with Crippen molar-refractivity contribution in [2.75, 3.05) is 17.6 Å². The molecule has 112 valence electrons. The molecule has 0 radical (unpaired) electrons. The predicted octanol–water partition coefficient (Wildman–Crippen LogP) is 1.30. The van der Waals surface area contributed by atoms with Gasteiger partial charge in [0, 0.05) is 17.8 Å². The summed E-state index contributed by atoms with van der Waals surface area (Å²) in [5.41, 5.74) is 6.95. The summed E-state index contributed by atoms with van der Waals surface area (Å²) in [6.07, 6.45) is 0.135. The van der Waals surface area contributed by atoms with E-state index in [1.54, 1.807) is 39.0 Å². The monoisotopic (exact) mass is 289 g/mol. The fourth-order valence-corrected chi connectivity index (χ4v) is 2.31. The number of nitrogen functional groups attached to an aromatic ring is 1. The van der Waals surface area contributed by atoms with Gasteiger partial charge in [-0.1, -0.05) is 19.9 Å². The molecule has 0 aliphatic carbocycles. The molecule has 0 saturated carbocycles. The van der Waals surface area contributed by atoms with Gasteiger partial charge in [-0.3, -0.25) is 19.3 Å². The zero-order chi connectivity index (χ0) is 15.8. The number of hydrogen-bond acceptors (Lipinski definition) is 4. The zero-order valence-corrected chi connectivity index (χ0v) is 12.4. The van der Waals surface area contributed by atoms with Gasteiger partial charge in [0.15, 0.2) is 0 Å². The first-order valence-corrected chi connectivity index (χ1v) is 6.72. The van der Waals surface area contributed by atoms with E-state index < -0.39 is 11.3 Å². The maximum atomic E-state index is 12.1. The van der Waals surface area contributed by atoms with Crippen molar-refractivity contribution in [3.8, 4) is 0 Å². The van der Waals surface area contributed by atoms with Crippen molar-refractivity contribution in [3.63, 3.8) is 0 Å². The van der Waals surface area contributed by atoms with Crippen LogP contribution in [0.5, 0.6) is 0 Å². The van der Waals surface area contributed by atoms with Crippen molar-refractivity contribution < 1.29 is 14.4 Å². The summed E-state index contributed by atoms with van der Waals surface area (Å²) in [4.78, 5) is 36.9. The molecule has 2 rings (SSSR count). The summed E-state index contributed by atoms with van der Waals surface area (Å²) < 4.78 is 0. The van der Waals surface area contributed by atoms with E-state index in [0.29, 0.717) is 11.4 Å². The average Bonchev–Trinajstić information content (AvgIpc) is 2.57. The lowest BCUT2D eigenvalue weighted by Crippen LogP contribution is -2.39. The molecule has 1 aromatic rings. The molecule has 6 heteroatoms. The van der Waals surface area contributed by atoms with Crippen LogP contribution in [0.2, 0.25) is 0 Å². The molecular formula is C15H19N3O3. The van der Waals surface area contributed by atoms with Crippen LogP contribution in [0.15, 0.2) is 18.2 Å². The van der Waals surface area contributed by atoms with Crippen molar-refractivity contribution >= 4 is 29.1 Å². The van der Waals surface area contributed by atoms with Crippen molar-refractivity contribution in [3.05, 3.63) is 23.8 Å². The Morgan fingerprint density at radius 2 is 2.05 bits per heavy atom. The number of anilines is 2. The number of hydrogen-bond donors (Lipinski definition) is 2. The largest absolute Gasteiger partial charge is 0.398 e. The zero-order valence-electron chi connectivity index (χ0n) is 12.4. The molecule has 0 aromatic heterocycles. The van der Waals surface area contributed by atoms with Crippen LogP contribution in [0.25, 0.3) is 0 Å². The summed E-state index contributed by atoms with van der Waals surface area (Å²) in [6, 6.07) is 5.19. The van der Waals surface area contributed by atoms with Crippen LogP contribution in [0.3, 0.4) is 0 Å². The van der Waals surface area contributed by atoms with E-state index in [1.165, 1.54) is 0 Å². The van der Waals surface area contributed by atoms with Crippen molar-refractivity contribution in [2.24, 2.45) is 5.41 Å². The normalized spacial score (nSPS) is 17.2. The molecule has 21 heavy (non-hydrogen) atoms. The van der Waals surface area contributed by atoms with Crippen LogP contribution in [0.1, 0.15) is 25.8 Å². The molecule has 1 aromatic carbocycles. The Labute approximate surface area is 123 Å². The van der Waals surface area contributed by atoms with Gasteiger partial charge in [-0.05, 0) is 24.6 Å². The third kappa shape index (κ3) is 2.89. The fourth-order valence-electron chi connectivity index (χ4n) is 2.31. The summed E-state index contributed by atoms with van der Waals surface area (Å²) in [7, 11) is 0. The number of carbonyl (C=O) groups excluding carboxylic acids is 3. The number of imide groups is 1. The minimum atomic E-state index is -0.732. The van der Waals surface area contributed by atoms with Gasteiger partial charge in [0.2, 0.25) is 17.7 Å². The predicted molar refractivity (Wildman–Crippen MR) is 79.3 cm³/mol. The topological polar surface area (TPSA) is 92.5 Å². The number of carbonyl (C=O) groups is 3. The van der Waals surface area contributed by atoms with Gasteiger partial charge in [0.25, 0.3) is 0 Å². The molecule has 3 amide bonds. The highest BCUT2D eigenvalue weighted by molar-refractivity contribution is 6.09. The van der Waals surface area contributed by atoms with Crippen LogP contribution in [0.4, 0.5) is 11.4 Å². The molecule has 6 nitrogen and oxygen atoms in total. The smallest absolute Gasteiger partial charge is 0.244 e. The van der Waals surface area contributed by atoms with E-state index in [-0.39, 0.29) is 24.8 Å². The number of likely N-dealkylation sites (tertiary alicyclic amines) is 1. The highest BCUT2D eigenvalue weighted by Crippen LogP contribution is 2.31. The first-order chi connectivity index (χ1) is 9.72.